The average molecular weight is 359 g/mol. The molecular formula is C13H9BrF2N2O3. The Morgan fingerprint density at radius 2 is 1.95 bits per heavy atom. The van der Waals surface area contributed by atoms with E-state index >= 15 is 0 Å². The summed E-state index contributed by atoms with van der Waals surface area (Å²) in [5, 5.41) is 11.0. The van der Waals surface area contributed by atoms with E-state index in [-0.39, 0.29) is 22.5 Å². The third-order valence-corrected chi connectivity index (χ3v) is 3.20. The summed E-state index contributed by atoms with van der Waals surface area (Å²) in [5.74, 6) is -1.66. The second-order valence-electron chi connectivity index (χ2n) is 4.09. The van der Waals surface area contributed by atoms with Crippen molar-refractivity contribution in [3.05, 3.63) is 62.1 Å². The molecule has 0 saturated heterocycles. The lowest BCUT2D eigenvalue weighted by molar-refractivity contribution is -0.385. The Morgan fingerprint density at radius 3 is 2.57 bits per heavy atom. The molecule has 2 rings (SSSR count). The molecule has 0 saturated carbocycles. The summed E-state index contributed by atoms with van der Waals surface area (Å²) in [5.41, 5.74) is 5.41. The monoisotopic (exact) mass is 358 g/mol. The van der Waals surface area contributed by atoms with Gasteiger partial charge >= 0.3 is 5.69 Å². The van der Waals surface area contributed by atoms with E-state index in [4.69, 9.17) is 10.5 Å². The fraction of sp³-hybridized carbons (Fsp3) is 0.0769. The summed E-state index contributed by atoms with van der Waals surface area (Å²) >= 11 is 2.86. The summed E-state index contributed by atoms with van der Waals surface area (Å²) < 4.78 is 32.0. The number of rotatable bonds is 4. The maximum Gasteiger partial charge on any atom is 0.312 e. The van der Waals surface area contributed by atoms with Gasteiger partial charge in [0.1, 0.15) is 17.4 Å². The Morgan fingerprint density at radius 1 is 1.24 bits per heavy atom. The van der Waals surface area contributed by atoms with Crippen molar-refractivity contribution in [2.45, 2.75) is 6.54 Å². The minimum atomic E-state index is -0.731. The molecule has 8 heteroatoms. The molecule has 2 N–H and O–H groups in total. The van der Waals surface area contributed by atoms with Crippen LogP contribution in [0.5, 0.6) is 11.5 Å². The highest BCUT2D eigenvalue weighted by atomic mass is 79.9. The first-order valence-electron chi connectivity index (χ1n) is 5.71. The molecule has 0 radical (unpaired) electrons. The molecular weight excluding hydrogens is 350 g/mol. The number of benzene rings is 2. The fourth-order valence-corrected chi connectivity index (χ4v) is 2.00. The SMILES string of the molecule is NCc1cc(F)cc(Oc2cc(F)c(Br)cc2[N+](=O)[O-])c1. The van der Waals surface area contributed by atoms with Gasteiger partial charge in [0.05, 0.1) is 9.40 Å². The Bertz CT molecular complexity index is 710. The fourth-order valence-electron chi connectivity index (χ4n) is 1.67. The summed E-state index contributed by atoms with van der Waals surface area (Å²) in [6, 6.07) is 5.50. The van der Waals surface area contributed by atoms with E-state index in [0.29, 0.717) is 5.56 Å². The normalized spacial score (nSPS) is 10.5. The largest absolute Gasteiger partial charge is 0.450 e. The van der Waals surface area contributed by atoms with Gasteiger partial charge in [0.25, 0.3) is 0 Å². The van der Waals surface area contributed by atoms with E-state index in [2.05, 4.69) is 15.9 Å². The van der Waals surface area contributed by atoms with Crippen LogP contribution in [0.4, 0.5) is 14.5 Å². The first-order valence-corrected chi connectivity index (χ1v) is 6.51. The van der Waals surface area contributed by atoms with Gasteiger partial charge in [-0.05, 0) is 33.6 Å². The zero-order valence-electron chi connectivity index (χ0n) is 10.5. The molecule has 0 aliphatic heterocycles. The second-order valence-corrected chi connectivity index (χ2v) is 4.95. The smallest absolute Gasteiger partial charge is 0.312 e. The van der Waals surface area contributed by atoms with Crippen molar-refractivity contribution in [3.63, 3.8) is 0 Å². The Balaban J connectivity index is 2.46. The zero-order valence-corrected chi connectivity index (χ0v) is 12.1. The molecule has 0 heterocycles. The number of nitro groups is 1. The van der Waals surface area contributed by atoms with Crippen LogP contribution in [0.25, 0.3) is 0 Å². The summed E-state index contributed by atoms with van der Waals surface area (Å²) in [4.78, 5) is 10.2. The molecule has 0 bridgehead atoms. The molecule has 0 atom stereocenters. The van der Waals surface area contributed by atoms with Crippen molar-refractivity contribution in [1.82, 2.24) is 0 Å². The van der Waals surface area contributed by atoms with Gasteiger partial charge in [-0.25, -0.2) is 8.78 Å². The highest BCUT2D eigenvalue weighted by molar-refractivity contribution is 9.10. The van der Waals surface area contributed by atoms with Gasteiger partial charge in [0, 0.05) is 24.7 Å². The molecule has 5 nitrogen and oxygen atoms in total. The third kappa shape index (κ3) is 3.53. The second kappa shape index (κ2) is 6.15. The van der Waals surface area contributed by atoms with E-state index in [0.717, 1.165) is 18.2 Å². The van der Waals surface area contributed by atoms with Crippen LogP contribution < -0.4 is 10.5 Å². The lowest BCUT2D eigenvalue weighted by atomic mass is 10.2. The Labute approximate surface area is 126 Å². The summed E-state index contributed by atoms with van der Waals surface area (Å²) in [6.45, 7) is 0.0743. The lowest BCUT2D eigenvalue weighted by Gasteiger charge is -2.09. The standard InChI is InChI=1S/C13H9BrF2N2O3/c14-10-4-12(18(19)20)13(5-11(10)16)21-9-2-7(6-17)1-8(15)3-9/h1-5H,6,17H2. The molecule has 0 unspecified atom stereocenters. The van der Waals surface area contributed by atoms with Crippen molar-refractivity contribution in [2.24, 2.45) is 5.73 Å². The molecule has 0 aliphatic carbocycles. The predicted octanol–water partition coefficient (Wildman–Crippen LogP) is 3.89. The molecule has 2 aromatic carbocycles. The third-order valence-electron chi connectivity index (χ3n) is 2.59. The quantitative estimate of drug-likeness (QED) is 0.664. The number of ether oxygens (including phenoxy) is 1. The number of nitro benzene ring substituents is 1. The van der Waals surface area contributed by atoms with Crippen molar-refractivity contribution in [3.8, 4) is 11.5 Å². The van der Waals surface area contributed by atoms with E-state index in [1.807, 2.05) is 0 Å². The molecule has 0 aliphatic rings. The van der Waals surface area contributed by atoms with Crippen molar-refractivity contribution >= 4 is 21.6 Å². The van der Waals surface area contributed by atoms with Crippen LogP contribution in [0.3, 0.4) is 0 Å². The molecule has 0 aromatic heterocycles. The Kier molecular flexibility index (Phi) is 4.49. The van der Waals surface area contributed by atoms with Crippen LogP contribution >= 0.6 is 15.9 Å². The average Bonchev–Trinajstić information content (AvgIpc) is 2.41. The van der Waals surface area contributed by atoms with Crippen LogP contribution in [-0.2, 0) is 6.54 Å². The first-order chi connectivity index (χ1) is 9.90. The predicted molar refractivity (Wildman–Crippen MR) is 75.1 cm³/mol. The van der Waals surface area contributed by atoms with Crippen molar-refractivity contribution < 1.29 is 18.4 Å². The van der Waals surface area contributed by atoms with Crippen LogP contribution in [-0.4, -0.2) is 4.92 Å². The van der Waals surface area contributed by atoms with Crippen LogP contribution in [0, 0.1) is 21.7 Å². The van der Waals surface area contributed by atoms with Gasteiger partial charge in [-0.2, -0.15) is 0 Å². The lowest BCUT2D eigenvalue weighted by Crippen LogP contribution is -1.99. The number of hydrogen-bond donors (Lipinski definition) is 1. The highest BCUT2D eigenvalue weighted by Crippen LogP contribution is 2.35. The molecule has 21 heavy (non-hydrogen) atoms. The van der Waals surface area contributed by atoms with E-state index in [1.165, 1.54) is 12.1 Å². The maximum atomic E-state index is 13.5. The van der Waals surface area contributed by atoms with Gasteiger partial charge in [-0.3, -0.25) is 10.1 Å². The molecule has 110 valence electrons. The Hall–Kier alpha value is -2.06. The topological polar surface area (TPSA) is 78.4 Å². The number of nitrogens with zero attached hydrogens (tertiary/aromatic N) is 1. The zero-order chi connectivity index (χ0) is 15.6. The summed E-state index contributed by atoms with van der Waals surface area (Å²) in [7, 11) is 0. The van der Waals surface area contributed by atoms with Crippen molar-refractivity contribution in [2.75, 3.05) is 0 Å². The minimum Gasteiger partial charge on any atom is -0.450 e. The van der Waals surface area contributed by atoms with Crippen molar-refractivity contribution in [1.29, 1.82) is 0 Å². The van der Waals surface area contributed by atoms with Gasteiger partial charge in [-0.15, -0.1) is 0 Å². The van der Waals surface area contributed by atoms with Gasteiger partial charge in [0.15, 0.2) is 0 Å². The number of nitrogens with two attached hydrogens (primary N) is 1. The van der Waals surface area contributed by atoms with E-state index in [9.17, 15) is 18.9 Å². The summed E-state index contributed by atoms with van der Waals surface area (Å²) in [6.07, 6.45) is 0. The first kappa shape index (κ1) is 15.3. The van der Waals surface area contributed by atoms with Crippen LogP contribution in [0.1, 0.15) is 5.56 Å². The van der Waals surface area contributed by atoms with Gasteiger partial charge in [-0.1, -0.05) is 0 Å². The minimum absolute atomic E-state index is 0.000252. The molecule has 0 spiro atoms. The molecule has 2 aromatic rings. The van der Waals surface area contributed by atoms with E-state index < -0.39 is 22.2 Å². The number of hydrogen-bond acceptors (Lipinski definition) is 4. The van der Waals surface area contributed by atoms with Crippen LogP contribution in [0.15, 0.2) is 34.8 Å². The van der Waals surface area contributed by atoms with Crippen LogP contribution in [0.2, 0.25) is 0 Å². The maximum absolute atomic E-state index is 13.5. The molecule has 0 fully saturated rings. The number of halogens is 3. The van der Waals surface area contributed by atoms with Gasteiger partial charge in [0.2, 0.25) is 5.75 Å². The van der Waals surface area contributed by atoms with E-state index in [1.54, 1.807) is 0 Å². The van der Waals surface area contributed by atoms with Gasteiger partial charge < -0.3 is 10.5 Å². The molecule has 0 amide bonds. The highest BCUT2D eigenvalue weighted by Gasteiger charge is 2.20.